The molecule has 2 heterocycles. The third-order valence-electron chi connectivity index (χ3n) is 2.11. The van der Waals surface area contributed by atoms with Crippen LogP contribution in [0.2, 0.25) is 0 Å². The zero-order valence-electron chi connectivity index (χ0n) is 9.43. The fourth-order valence-electron chi connectivity index (χ4n) is 1.37. The second kappa shape index (κ2) is 5.16. The van der Waals surface area contributed by atoms with E-state index < -0.39 is 0 Å². The predicted molar refractivity (Wildman–Crippen MR) is 64.6 cm³/mol. The summed E-state index contributed by atoms with van der Waals surface area (Å²) in [5.74, 6) is 1.47. The van der Waals surface area contributed by atoms with E-state index in [9.17, 15) is 4.79 Å². The van der Waals surface area contributed by atoms with Crippen molar-refractivity contribution in [1.82, 2.24) is 4.98 Å². The Morgan fingerprint density at radius 1 is 1.41 bits per heavy atom. The molecule has 0 aliphatic rings. The van der Waals surface area contributed by atoms with Crippen molar-refractivity contribution in [3.05, 3.63) is 42.5 Å². The maximum absolute atomic E-state index is 10.8. The smallest absolute Gasteiger partial charge is 0.221 e. The first-order valence-electron chi connectivity index (χ1n) is 5.24. The van der Waals surface area contributed by atoms with Gasteiger partial charge in [0.2, 0.25) is 5.91 Å². The van der Waals surface area contributed by atoms with E-state index in [4.69, 9.17) is 4.42 Å². The minimum Gasteiger partial charge on any atom is -0.467 e. The van der Waals surface area contributed by atoms with E-state index in [1.165, 1.54) is 6.92 Å². The van der Waals surface area contributed by atoms with E-state index in [0.29, 0.717) is 12.2 Å². The molecule has 2 aromatic heterocycles. The fraction of sp³-hybridized carbons (Fsp3) is 0.167. The van der Waals surface area contributed by atoms with Crippen molar-refractivity contribution in [2.45, 2.75) is 13.5 Å². The summed E-state index contributed by atoms with van der Waals surface area (Å²) < 4.78 is 5.18. The van der Waals surface area contributed by atoms with E-state index in [1.807, 2.05) is 12.1 Å². The van der Waals surface area contributed by atoms with Crippen molar-refractivity contribution < 1.29 is 9.21 Å². The molecule has 2 rings (SSSR count). The monoisotopic (exact) mass is 231 g/mol. The minimum atomic E-state index is -0.108. The average Bonchev–Trinajstić information content (AvgIpc) is 2.80. The van der Waals surface area contributed by atoms with Gasteiger partial charge >= 0.3 is 0 Å². The summed E-state index contributed by atoms with van der Waals surface area (Å²) in [6, 6.07) is 7.32. The van der Waals surface area contributed by atoms with Crippen LogP contribution in [0.25, 0.3) is 0 Å². The number of carbonyl (C=O) groups excluding carboxylic acids is 1. The molecule has 0 unspecified atom stereocenters. The van der Waals surface area contributed by atoms with Gasteiger partial charge in [0.05, 0.1) is 24.7 Å². The number of aromatic nitrogens is 1. The van der Waals surface area contributed by atoms with Crippen LogP contribution in [0.3, 0.4) is 0 Å². The van der Waals surface area contributed by atoms with Crippen LogP contribution in [0.4, 0.5) is 11.5 Å². The third-order valence-corrected chi connectivity index (χ3v) is 2.11. The van der Waals surface area contributed by atoms with Gasteiger partial charge in [-0.1, -0.05) is 0 Å². The third kappa shape index (κ3) is 3.34. The van der Waals surface area contributed by atoms with Gasteiger partial charge in [0.15, 0.2) is 0 Å². The van der Waals surface area contributed by atoms with Gasteiger partial charge < -0.3 is 15.1 Å². The summed E-state index contributed by atoms with van der Waals surface area (Å²) in [5.41, 5.74) is 0.682. The van der Waals surface area contributed by atoms with Crippen LogP contribution in [-0.2, 0) is 11.3 Å². The Kier molecular flexibility index (Phi) is 3.40. The number of pyridine rings is 1. The van der Waals surface area contributed by atoms with Gasteiger partial charge in [-0.25, -0.2) is 4.98 Å². The molecule has 5 nitrogen and oxygen atoms in total. The highest BCUT2D eigenvalue weighted by molar-refractivity contribution is 5.88. The molecule has 0 saturated carbocycles. The molecule has 0 fully saturated rings. The first kappa shape index (κ1) is 11.2. The Bertz CT molecular complexity index is 477. The topological polar surface area (TPSA) is 67.2 Å². The van der Waals surface area contributed by atoms with Gasteiger partial charge in [-0.3, -0.25) is 4.79 Å². The SMILES string of the molecule is CC(=O)Nc1ccc(NCc2ccco2)nc1. The number of hydrogen-bond donors (Lipinski definition) is 2. The first-order valence-corrected chi connectivity index (χ1v) is 5.24. The average molecular weight is 231 g/mol. The lowest BCUT2D eigenvalue weighted by Crippen LogP contribution is -2.06. The lowest BCUT2D eigenvalue weighted by molar-refractivity contribution is -0.114. The summed E-state index contributed by atoms with van der Waals surface area (Å²) in [6.45, 7) is 2.04. The molecule has 0 atom stereocenters. The number of carbonyl (C=O) groups is 1. The van der Waals surface area contributed by atoms with Gasteiger partial charge in [-0.2, -0.15) is 0 Å². The lowest BCUT2D eigenvalue weighted by atomic mass is 10.4. The maximum atomic E-state index is 10.8. The van der Waals surface area contributed by atoms with Gasteiger partial charge in [0.1, 0.15) is 11.6 Å². The molecule has 0 aliphatic carbocycles. The zero-order valence-corrected chi connectivity index (χ0v) is 9.43. The van der Waals surface area contributed by atoms with Gasteiger partial charge in [-0.05, 0) is 24.3 Å². The molecular formula is C12H13N3O2. The zero-order chi connectivity index (χ0) is 12.1. The Balaban J connectivity index is 1.91. The number of furan rings is 1. The number of anilines is 2. The highest BCUT2D eigenvalue weighted by atomic mass is 16.3. The highest BCUT2D eigenvalue weighted by Crippen LogP contribution is 2.11. The van der Waals surface area contributed by atoms with Crippen LogP contribution in [0.1, 0.15) is 12.7 Å². The number of amides is 1. The van der Waals surface area contributed by atoms with Crippen molar-refractivity contribution in [3.8, 4) is 0 Å². The molecule has 0 bridgehead atoms. The van der Waals surface area contributed by atoms with Crippen LogP contribution >= 0.6 is 0 Å². The van der Waals surface area contributed by atoms with Crippen molar-refractivity contribution in [2.24, 2.45) is 0 Å². The normalized spacial score (nSPS) is 9.94. The Morgan fingerprint density at radius 3 is 2.88 bits per heavy atom. The molecule has 2 N–H and O–H groups in total. The van der Waals surface area contributed by atoms with Crippen LogP contribution in [-0.4, -0.2) is 10.9 Å². The Hall–Kier alpha value is -2.30. The highest BCUT2D eigenvalue weighted by Gasteiger charge is 1.99. The van der Waals surface area contributed by atoms with E-state index >= 15 is 0 Å². The van der Waals surface area contributed by atoms with E-state index in [2.05, 4.69) is 15.6 Å². The molecule has 0 radical (unpaired) electrons. The summed E-state index contributed by atoms with van der Waals surface area (Å²) in [4.78, 5) is 15.0. The van der Waals surface area contributed by atoms with Crippen molar-refractivity contribution in [2.75, 3.05) is 10.6 Å². The van der Waals surface area contributed by atoms with E-state index in [1.54, 1.807) is 24.6 Å². The molecule has 5 heteroatoms. The van der Waals surface area contributed by atoms with Gasteiger partial charge in [0, 0.05) is 6.92 Å². The number of hydrogen-bond acceptors (Lipinski definition) is 4. The van der Waals surface area contributed by atoms with Crippen LogP contribution in [0, 0.1) is 0 Å². The summed E-state index contributed by atoms with van der Waals surface area (Å²) >= 11 is 0. The van der Waals surface area contributed by atoms with Crippen LogP contribution in [0.15, 0.2) is 41.1 Å². The molecule has 88 valence electrons. The largest absolute Gasteiger partial charge is 0.467 e. The number of rotatable bonds is 4. The van der Waals surface area contributed by atoms with Crippen molar-refractivity contribution >= 4 is 17.4 Å². The lowest BCUT2D eigenvalue weighted by Gasteiger charge is -2.05. The minimum absolute atomic E-state index is 0.108. The first-order chi connectivity index (χ1) is 8.24. The molecule has 0 aromatic carbocycles. The quantitative estimate of drug-likeness (QED) is 0.846. The Labute approximate surface area is 98.9 Å². The summed E-state index contributed by atoms with van der Waals surface area (Å²) in [6.07, 6.45) is 3.23. The van der Waals surface area contributed by atoms with E-state index in [0.717, 1.165) is 11.6 Å². The Morgan fingerprint density at radius 2 is 2.29 bits per heavy atom. The second-order valence-electron chi connectivity index (χ2n) is 3.55. The summed E-state index contributed by atoms with van der Waals surface area (Å²) in [5, 5.41) is 5.76. The molecule has 17 heavy (non-hydrogen) atoms. The molecule has 0 spiro atoms. The van der Waals surface area contributed by atoms with Crippen molar-refractivity contribution in [3.63, 3.8) is 0 Å². The molecular weight excluding hydrogens is 218 g/mol. The molecule has 2 aromatic rings. The molecule has 1 amide bonds. The second-order valence-corrected chi connectivity index (χ2v) is 3.55. The van der Waals surface area contributed by atoms with Crippen molar-refractivity contribution in [1.29, 1.82) is 0 Å². The van der Waals surface area contributed by atoms with Gasteiger partial charge in [-0.15, -0.1) is 0 Å². The predicted octanol–water partition coefficient (Wildman–Crippen LogP) is 2.25. The summed E-state index contributed by atoms with van der Waals surface area (Å²) in [7, 11) is 0. The maximum Gasteiger partial charge on any atom is 0.221 e. The fourth-order valence-corrected chi connectivity index (χ4v) is 1.37. The molecule has 0 saturated heterocycles. The standard InChI is InChI=1S/C12H13N3O2/c1-9(16)15-10-4-5-12(13-7-10)14-8-11-3-2-6-17-11/h2-7H,8H2,1H3,(H,13,14)(H,15,16). The number of nitrogens with zero attached hydrogens (tertiary/aromatic N) is 1. The molecule has 0 aliphatic heterocycles. The number of nitrogens with one attached hydrogen (secondary N) is 2. The van der Waals surface area contributed by atoms with Crippen LogP contribution < -0.4 is 10.6 Å². The van der Waals surface area contributed by atoms with Gasteiger partial charge in [0.25, 0.3) is 0 Å². The van der Waals surface area contributed by atoms with Crippen LogP contribution in [0.5, 0.6) is 0 Å². The van der Waals surface area contributed by atoms with E-state index in [-0.39, 0.29) is 5.91 Å².